The van der Waals surface area contributed by atoms with Crippen LogP contribution in [0.15, 0.2) is 241 Å². The van der Waals surface area contributed by atoms with Gasteiger partial charge in [0.05, 0.1) is 96.4 Å². The fourth-order valence-electron chi connectivity index (χ4n) is 13.8. The second-order valence-corrected chi connectivity index (χ2v) is 36.9. The molecule has 0 bridgehead atoms. The standard InChI is InChI=1S/C43H44ClN7O6S.C38H36ClN7O4S.C10H18O5/c1-43(2,3)57-42(53)50(26-32-22-21-31(24-45-32)48-41(52)56-28-29-13-6-4-7-14-29)33-16-12-15-30(23-33)47-40-46-25-37(44)39(49-40)36-27-51(38-20-11-10-19-35(36)38)58(54,55)34-17-8-5-9-18-34;39-34-23-42-37(45-36(34)33-24-46(35-17-8-7-16-32(33)35)51(48,49)31-14-5-2-6-15-31)43-28-13-9-12-27(20-28)40-21-29-18-19-30(22-41-29)44-38(47)50-25-26-10-3-1-4-11-26;1-9(2,3)14-7(11)13-8(12)15-10(4,5)6/h4-11,13-14,17-22,24-25,27,30,33H,12,15-16,23,26,28H2,1-3H3,(H,48,52)(H,46,47,49);1-8,10-11,14-19,22-24,27-28,40H,9,12-13,20-21,25H2,(H,44,47)(H,42,43,45);1-6H3/t30-,33+;27-,28+;/m10./s1. The van der Waals surface area contributed by atoms with Crippen LogP contribution in [0.25, 0.3) is 44.3 Å². The Balaban J connectivity index is 0.000000195. The predicted molar refractivity (Wildman–Crippen MR) is 474 cm³/mol. The van der Waals surface area contributed by atoms with Crippen molar-refractivity contribution in [2.45, 2.75) is 191 Å². The van der Waals surface area contributed by atoms with Gasteiger partial charge in [-0.1, -0.05) is 157 Å². The van der Waals surface area contributed by atoms with E-state index in [0.717, 1.165) is 61.8 Å². The molecule has 33 heteroatoms. The molecule has 0 aliphatic heterocycles. The third-order valence-electron chi connectivity index (χ3n) is 19.4. The van der Waals surface area contributed by atoms with Crippen molar-refractivity contribution in [3.8, 4) is 22.5 Å². The van der Waals surface area contributed by atoms with Crippen molar-refractivity contribution in [1.82, 2.24) is 48.1 Å². The van der Waals surface area contributed by atoms with Gasteiger partial charge in [-0.3, -0.25) is 25.5 Å². The van der Waals surface area contributed by atoms with Crippen molar-refractivity contribution in [2.75, 3.05) is 21.3 Å². The number of halogens is 2. The van der Waals surface area contributed by atoms with Gasteiger partial charge in [-0.25, -0.2) is 68.7 Å². The van der Waals surface area contributed by atoms with Crippen LogP contribution in [0.2, 0.25) is 10.0 Å². The topological polar surface area (TPSA) is 360 Å². The summed E-state index contributed by atoms with van der Waals surface area (Å²) in [5.74, 6) is 0.749. The van der Waals surface area contributed by atoms with Crippen LogP contribution in [0.1, 0.15) is 136 Å². The summed E-state index contributed by atoms with van der Waals surface area (Å²) in [5, 5.41) is 17.9. The summed E-state index contributed by atoms with van der Waals surface area (Å²) in [6, 6.07) is 57.2. The summed E-state index contributed by atoms with van der Waals surface area (Å²) < 4.78 is 87.7. The van der Waals surface area contributed by atoms with E-state index in [0.29, 0.717) is 91.3 Å². The quantitative estimate of drug-likeness (QED) is 0.0239. The molecule has 3 amide bonds. The molecule has 5 N–H and O–H groups in total. The van der Waals surface area contributed by atoms with Crippen molar-refractivity contribution in [2.24, 2.45) is 0 Å². The minimum Gasteiger partial charge on any atom is -0.444 e. The van der Waals surface area contributed by atoms with Gasteiger partial charge in [0.1, 0.15) is 30.0 Å². The van der Waals surface area contributed by atoms with Crippen molar-refractivity contribution in [1.29, 1.82) is 0 Å². The maximum absolute atomic E-state index is 13.8. The molecule has 12 aromatic rings. The molecule has 2 aliphatic carbocycles. The number of fused-ring (bicyclic) bond motifs is 2. The zero-order valence-electron chi connectivity index (χ0n) is 70.0. The van der Waals surface area contributed by atoms with Crippen molar-refractivity contribution in [3.05, 3.63) is 264 Å². The van der Waals surface area contributed by atoms with E-state index in [2.05, 4.69) is 51.3 Å². The molecule has 2 saturated carbocycles. The molecular formula is C91H98Cl2N14O15S2. The van der Waals surface area contributed by atoms with Crippen LogP contribution in [0.3, 0.4) is 0 Å². The number of nitrogens with zero attached hydrogens (tertiary/aromatic N) is 9. The van der Waals surface area contributed by atoms with E-state index in [1.165, 1.54) is 20.3 Å². The molecule has 124 heavy (non-hydrogen) atoms. The molecule has 4 atom stereocenters. The van der Waals surface area contributed by atoms with E-state index in [4.69, 9.17) is 56.9 Å². The van der Waals surface area contributed by atoms with Crippen LogP contribution in [0.4, 0.5) is 47.2 Å². The number of para-hydroxylation sites is 2. The monoisotopic (exact) mass is 1760 g/mol. The molecule has 0 saturated heterocycles. The van der Waals surface area contributed by atoms with Gasteiger partial charge >= 0.3 is 30.6 Å². The molecule has 6 heterocycles. The minimum atomic E-state index is -3.93. The third-order valence-corrected chi connectivity index (χ3v) is 23.4. The number of carbonyl (C=O) groups excluding carboxylic acids is 5. The fraction of sp³-hybridized carbons (Fsp3) is 0.308. The van der Waals surface area contributed by atoms with E-state index < -0.39 is 67.4 Å². The van der Waals surface area contributed by atoms with E-state index >= 15 is 0 Å². The van der Waals surface area contributed by atoms with Crippen LogP contribution in [0, 0.1) is 0 Å². The highest BCUT2D eigenvalue weighted by Crippen LogP contribution is 2.39. The van der Waals surface area contributed by atoms with Gasteiger partial charge < -0.3 is 44.4 Å². The molecule has 14 rings (SSSR count). The smallest absolute Gasteiger partial charge is 0.444 e. The number of benzene rings is 6. The van der Waals surface area contributed by atoms with Gasteiger partial charge in [0, 0.05) is 65.0 Å². The second-order valence-electron chi connectivity index (χ2n) is 32.5. The van der Waals surface area contributed by atoms with Crippen LogP contribution < -0.4 is 26.6 Å². The van der Waals surface area contributed by atoms with Crippen molar-refractivity contribution < 1.29 is 69.2 Å². The Bertz CT molecular complexity index is 5900. The van der Waals surface area contributed by atoms with E-state index in [-0.39, 0.29) is 58.7 Å². The summed E-state index contributed by atoms with van der Waals surface area (Å²) in [4.78, 5) is 90.0. The highest BCUT2D eigenvalue weighted by atomic mass is 35.5. The lowest BCUT2D eigenvalue weighted by molar-refractivity contribution is -0.0295. The summed E-state index contributed by atoms with van der Waals surface area (Å²) in [6.45, 7) is 16.6. The Morgan fingerprint density at radius 1 is 0.460 bits per heavy atom. The van der Waals surface area contributed by atoms with Crippen molar-refractivity contribution >= 4 is 119 Å². The zero-order valence-corrected chi connectivity index (χ0v) is 73.1. The number of nitrogens with one attached hydrogen (secondary N) is 5. The minimum absolute atomic E-state index is 0.112. The van der Waals surface area contributed by atoms with Gasteiger partial charge in [-0.05, 0) is 185 Å². The lowest BCUT2D eigenvalue weighted by atomic mass is 9.90. The second kappa shape index (κ2) is 40.6. The SMILES string of the molecule is CC(C)(C)OC(=O)N(Cc1ccc(NC(=O)OCc2ccccc2)cn1)[C@H]1CCC[C@@H](Nc2ncc(Cl)c(-c3cn(S(=O)(=O)c4ccccc4)c4ccccc34)n2)C1.CC(C)(C)OC(=O)OC(=O)OC(C)(C)C.O=C(Nc1ccc(CN[C@H]2CCC[C@@H](Nc3ncc(Cl)c(-c4cn(S(=O)(=O)c5ccccc5)c5ccccc45)n3)C2)nc1)OCc1ccccc1. The Morgan fingerprint density at radius 2 is 0.863 bits per heavy atom. The zero-order chi connectivity index (χ0) is 88.4. The Hall–Kier alpha value is -12.6. The Morgan fingerprint density at radius 3 is 1.30 bits per heavy atom. The summed E-state index contributed by atoms with van der Waals surface area (Å²) in [6.07, 6.45) is 12.4. The molecule has 0 radical (unpaired) electrons. The molecular weight excluding hydrogens is 1660 g/mol. The number of anilines is 4. The third kappa shape index (κ3) is 25.3. The lowest BCUT2D eigenvalue weighted by Gasteiger charge is -2.38. The number of ether oxygens (including phenoxy) is 6. The first-order valence-corrected chi connectivity index (χ1v) is 43.9. The van der Waals surface area contributed by atoms with E-state index in [1.807, 2.05) is 118 Å². The molecule has 2 fully saturated rings. The van der Waals surface area contributed by atoms with Crippen LogP contribution in [0.5, 0.6) is 0 Å². The number of amides is 3. The molecule has 648 valence electrons. The predicted octanol–water partition coefficient (Wildman–Crippen LogP) is 19.8. The van der Waals surface area contributed by atoms with Gasteiger partial charge in [0.2, 0.25) is 11.9 Å². The number of rotatable bonds is 22. The first kappa shape index (κ1) is 90.7. The molecule has 2 aliphatic rings. The van der Waals surface area contributed by atoms with Crippen LogP contribution in [-0.4, -0.2) is 131 Å². The average Bonchev–Trinajstić information content (AvgIpc) is 1.60. The molecule has 6 aromatic carbocycles. The molecule has 6 aromatic heterocycles. The number of hydrogen-bond acceptors (Lipinski definition) is 24. The normalized spacial score (nSPS) is 15.4. The van der Waals surface area contributed by atoms with Gasteiger partial charge in [0.25, 0.3) is 20.0 Å². The van der Waals surface area contributed by atoms with Crippen LogP contribution >= 0.6 is 23.2 Å². The van der Waals surface area contributed by atoms with Crippen molar-refractivity contribution in [3.63, 3.8) is 0 Å². The van der Waals surface area contributed by atoms with E-state index in [9.17, 15) is 40.8 Å². The maximum atomic E-state index is 13.8. The van der Waals surface area contributed by atoms with Crippen LogP contribution in [-0.2, 0) is 74.8 Å². The summed E-state index contributed by atoms with van der Waals surface area (Å²) in [7, 11) is -7.79. The number of pyridine rings is 2. The molecule has 29 nitrogen and oxygen atoms in total. The summed E-state index contributed by atoms with van der Waals surface area (Å²) >= 11 is 13.4. The van der Waals surface area contributed by atoms with Gasteiger partial charge in [-0.2, -0.15) is 0 Å². The highest BCUT2D eigenvalue weighted by Gasteiger charge is 2.35. The van der Waals surface area contributed by atoms with E-state index in [1.54, 1.807) is 168 Å². The fourth-order valence-corrected chi connectivity index (χ4v) is 17.0. The highest BCUT2D eigenvalue weighted by molar-refractivity contribution is 7.90. The number of carbonyl (C=O) groups is 5. The number of aromatic nitrogens is 8. The largest absolute Gasteiger partial charge is 0.519 e. The van der Waals surface area contributed by atoms with Gasteiger partial charge in [-0.15, -0.1) is 0 Å². The Kier molecular flexibility index (Phi) is 29.7. The maximum Gasteiger partial charge on any atom is 0.519 e. The first-order valence-electron chi connectivity index (χ1n) is 40.3. The summed E-state index contributed by atoms with van der Waals surface area (Å²) in [5.41, 5.74) is 5.15. The molecule has 0 spiro atoms. The first-order chi connectivity index (χ1) is 59.2. The van der Waals surface area contributed by atoms with Gasteiger partial charge in [0.15, 0.2) is 0 Å². The number of hydrogen-bond donors (Lipinski definition) is 5. The molecule has 0 unspecified atom stereocenters. The Labute approximate surface area is 730 Å². The average molecular weight is 1760 g/mol. The lowest BCUT2D eigenvalue weighted by Crippen LogP contribution is -2.47.